The van der Waals surface area contributed by atoms with E-state index in [4.69, 9.17) is 4.74 Å². The fourth-order valence-electron chi connectivity index (χ4n) is 3.45. The number of rotatable bonds is 5. The molecule has 0 bridgehead atoms. The van der Waals surface area contributed by atoms with E-state index in [1.54, 1.807) is 38.3 Å². The average Bonchev–Trinajstić information content (AvgIpc) is 2.67. The standard InChI is InChI=1S/C20H24N2O4S/c1-15-12-17(14-23)4-6-19(15)21-8-10-22(11-9-21)27(24,25)20-7-5-18(26-3)13-16(20)2/h4-7,12-14H,8-11H2,1-3H3. The molecular weight excluding hydrogens is 364 g/mol. The smallest absolute Gasteiger partial charge is 0.243 e. The van der Waals surface area contributed by atoms with Gasteiger partial charge >= 0.3 is 0 Å². The first-order chi connectivity index (χ1) is 12.9. The van der Waals surface area contributed by atoms with Gasteiger partial charge in [0, 0.05) is 37.4 Å². The Morgan fingerprint density at radius 2 is 1.67 bits per heavy atom. The maximum Gasteiger partial charge on any atom is 0.243 e. The van der Waals surface area contributed by atoms with Gasteiger partial charge in [-0.1, -0.05) is 0 Å². The van der Waals surface area contributed by atoms with Crippen LogP contribution < -0.4 is 9.64 Å². The highest BCUT2D eigenvalue weighted by Crippen LogP contribution is 2.27. The Kier molecular flexibility index (Phi) is 5.53. The van der Waals surface area contributed by atoms with Crippen molar-refractivity contribution in [2.45, 2.75) is 18.7 Å². The van der Waals surface area contributed by atoms with Crippen molar-refractivity contribution in [3.8, 4) is 5.75 Å². The van der Waals surface area contributed by atoms with E-state index in [0.29, 0.717) is 48.0 Å². The van der Waals surface area contributed by atoms with Crippen LogP contribution in [-0.2, 0) is 10.0 Å². The third kappa shape index (κ3) is 3.84. The van der Waals surface area contributed by atoms with Gasteiger partial charge in [0.2, 0.25) is 10.0 Å². The first-order valence-electron chi connectivity index (χ1n) is 8.82. The van der Waals surface area contributed by atoms with E-state index in [-0.39, 0.29) is 0 Å². The quantitative estimate of drug-likeness (QED) is 0.737. The summed E-state index contributed by atoms with van der Waals surface area (Å²) >= 11 is 0. The topological polar surface area (TPSA) is 66.9 Å². The van der Waals surface area contributed by atoms with Crippen molar-refractivity contribution in [1.29, 1.82) is 0 Å². The predicted molar refractivity (Wildman–Crippen MR) is 105 cm³/mol. The molecule has 1 aliphatic rings. The van der Waals surface area contributed by atoms with Gasteiger partial charge in [0.1, 0.15) is 12.0 Å². The lowest BCUT2D eigenvalue weighted by Gasteiger charge is -2.36. The van der Waals surface area contributed by atoms with Crippen LogP contribution in [0.25, 0.3) is 0 Å². The van der Waals surface area contributed by atoms with E-state index >= 15 is 0 Å². The molecule has 6 nitrogen and oxygen atoms in total. The summed E-state index contributed by atoms with van der Waals surface area (Å²) in [6.45, 7) is 5.80. The van der Waals surface area contributed by atoms with Gasteiger partial charge in [-0.25, -0.2) is 8.42 Å². The minimum absolute atomic E-state index is 0.322. The lowest BCUT2D eigenvalue weighted by Crippen LogP contribution is -2.49. The Balaban J connectivity index is 1.76. The van der Waals surface area contributed by atoms with Gasteiger partial charge in [-0.15, -0.1) is 0 Å². The molecule has 1 fully saturated rings. The predicted octanol–water partition coefficient (Wildman–Crippen LogP) is 2.64. The molecule has 1 saturated heterocycles. The highest BCUT2D eigenvalue weighted by atomic mass is 32.2. The van der Waals surface area contributed by atoms with Crippen molar-refractivity contribution < 1.29 is 17.9 Å². The molecule has 1 heterocycles. The Hall–Kier alpha value is -2.38. The van der Waals surface area contributed by atoms with Crippen LogP contribution in [0.5, 0.6) is 5.75 Å². The molecule has 144 valence electrons. The average molecular weight is 388 g/mol. The third-order valence-corrected chi connectivity index (χ3v) is 7.00. The number of sulfonamides is 1. The lowest BCUT2D eigenvalue weighted by molar-refractivity contribution is 0.112. The minimum atomic E-state index is -3.54. The fraction of sp³-hybridized carbons (Fsp3) is 0.350. The van der Waals surface area contributed by atoms with Crippen LogP contribution in [0.4, 0.5) is 5.69 Å². The number of methoxy groups -OCH3 is 1. The largest absolute Gasteiger partial charge is 0.497 e. The van der Waals surface area contributed by atoms with Crippen molar-refractivity contribution in [3.63, 3.8) is 0 Å². The molecule has 7 heteroatoms. The van der Waals surface area contributed by atoms with Crippen molar-refractivity contribution in [2.24, 2.45) is 0 Å². The molecule has 0 spiro atoms. The molecule has 0 radical (unpaired) electrons. The summed E-state index contributed by atoms with van der Waals surface area (Å²) < 4.78 is 32.8. The Bertz CT molecular complexity index is 948. The van der Waals surface area contributed by atoms with Gasteiger partial charge in [-0.2, -0.15) is 4.31 Å². The zero-order valence-corrected chi connectivity index (χ0v) is 16.6. The van der Waals surface area contributed by atoms with Crippen LogP contribution in [0.15, 0.2) is 41.3 Å². The van der Waals surface area contributed by atoms with Crippen molar-refractivity contribution in [1.82, 2.24) is 4.31 Å². The molecule has 0 unspecified atom stereocenters. The normalized spacial score (nSPS) is 15.6. The molecule has 0 N–H and O–H groups in total. The number of anilines is 1. The number of piperazine rings is 1. The maximum atomic E-state index is 13.0. The highest BCUT2D eigenvalue weighted by molar-refractivity contribution is 7.89. The zero-order chi connectivity index (χ0) is 19.6. The summed E-state index contributed by atoms with van der Waals surface area (Å²) in [5.41, 5.74) is 3.38. The van der Waals surface area contributed by atoms with E-state index in [0.717, 1.165) is 17.5 Å². The molecular formula is C20H24N2O4S. The number of aryl methyl sites for hydroxylation is 2. The monoisotopic (exact) mass is 388 g/mol. The molecule has 1 aliphatic heterocycles. The van der Waals surface area contributed by atoms with E-state index in [2.05, 4.69) is 4.90 Å². The lowest BCUT2D eigenvalue weighted by atomic mass is 10.1. The second-order valence-corrected chi connectivity index (χ2v) is 8.59. The second kappa shape index (κ2) is 7.70. The molecule has 0 aliphatic carbocycles. The van der Waals surface area contributed by atoms with Gasteiger partial charge in [0.15, 0.2) is 0 Å². The summed E-state index contributed by atoms with van der Waals surface area (Å²) in [4.78, 5) is 13.4. The van der Waals surface area contributed by atoms with Gasteiger partial charge in [0.05, 0.1) is 12.0 Å². The highest BCUT2D eigenvalue weighted by Gasteiger charge is 2.30. The summed E-state index contributed by atoms with van der Waals surface area (Å²) in [7, 11) is -1.98. The van der Waals surface area contributed by atoms with E-state index < -0.39 is 10.0 Å². The molecule has 2 aromatic rings. The summed E-state index contributed by atoms with van der Waals surface area (Å²) in [6.07, 6.45) is 0.832. The van der Waals surface area contributed by atoms with Gasteiger partial charge in [-0.05, 0) is 61.4 Å². The molecule has 3 rings (SSSR count). The van der Waals surface area contributed by atoms with Crippen LogP contribution in [0.1, 0.15) is 21.5 Å². The first kappa shape index (κ1) is 19.4. The Morgan fingerprint density at radius 1 is 0.963 bits per heavy atom. The van der Waals surface area contributed by atoms with Crippen molar-refractivity contribution in [2.75, 3.05) is 38.2 Å². The number of benzene rings is 2. The van der Waals surface area contributed by atoms with Crippen LogP contribution in [0, 0.1) is 13.8 Å². The van der Waals surface area contributed by atoms with Gasteiger partial charge in [-0.3, -0.25) is 4.79 Å². The van der Waals surface area contributed by atoms with E-state index in [9.17, 15) is 13.2 Å². The molecule has 27 heavy (non-hydrogen) atoms. The minimum Gasteiger partial charge on any atom is -0.497 e. The number of ether oxygens (including phenoxy) is 1. The zero-order valence-electron chi connectivity index (χ0n) is 15.8. The van der Waals surface area contributed by atoms with E-state index in [1.165, 1.54) is 4.31 Å². The number of carbonyl (C=O) groups is 1. The SMILES string of the molecule is COc1ccc(S(=O)(=O)N2CCN(c3ccc(C=O)cc3C)CC2)c(C)c1. The van der Waals surface area contributed by atoms with Crippen LogP contribution in [0.2, 0.25) is 0 Å². The Labute approximate surface area is 160 Å². The molecule has 0 amide bonds. The molecule has 2 aromatic carbocycles. The van der Waals surface area contributed by atoms with Crippen LogP contribution in [0.3, 0.4) is 0 Å². The van der Waals surface area contributed by atoms with Crippen LogP contribution in [-0.4, -0.2) is 52.3 Å². The second-order valence-electron chi connectivity index (χ2n) is 6.69. The third-order valence-electron chi connectivity index (χ3n) is 4.94. The molecule has 0 saturated carbocycles. The fourth-order valence-corrected chi connectivity index (χ4v) is 5.08. The van der Waals surface area contributed by atoms with Crippen LogP contribution >= 0.6 is 0 Å². The summed E-state index contributed by atoms with van der Waals surface area (Å²) in [5, 5.41) is 0. The molecule has 0 atom stereocenters. The summed E-state index contributed by atoms with van der Waals surface area (Å²) in [6, 6.07) is 10.6. The van der Waals surface area contributed by atoms with Gasteiger partial charge in [0.25, 0.3) is 0 Å². The number of aldehydes is 1. The maximum absolute atomic E-state index is 13.0. The van der Waals surface area contributed by atoms with Crippen molar-refractivity contribution in [3.05, 3.63) is 53.1 Å². The number of nitrogens with zero attached hydrogens (tertiary/aromatic N) is 2. The first-order valence-corrected chi connectivity index (χ1v) is 10.3. The molecule has 0 aromatic heterocycles. The number of carbonyl (C=O) groups excluding carboxylic acids is 1. The summed E-state index contributed by atoms with van der Waals surface area (Å²) in [5.74, 6) is 0.644. The number of hydrogen-bond acceptors (Lipinski definition) is 5. The number of hydrogen-bond donors (Lipinski definition) is 0. The van der Waals surface area contributed by atoms with E-state index in [1.807, 2.05) is 19.1 Å². The Morgan fingerprint density at radius 3 is 2.22 bits per heavy atom. The van der Waals surface area contributed by atoms with Crippen molar-refractivity contribution >= 4 is 22.0 Å². The van der Waals surface area contributed by atoms with Gasteiger partial charge < -0.3 is 9.64 Å².